The lowest BCUT2D eigenvalue weighted by Gasteiger charge is -2.23. The molecule has 3 aliphatic heterocycles. The summed E-state index contributed by atoms with van der Waals surface area (Å²) in [5.74, 6) is -2.05. The molecule has 6 N–H and O–H groups in total. The highest BCUT2D eigenvalue weighted by Crippen LogP contribution is 2.37. The summed E-state index contributed by atoms with van der Waals surface area (Å²) in [6.45, 7) is 11.9. The molecule has 0 aromatic carbocycles. The van der Waals surface area contributed by atoms with Crippen LogP contribution in [0.1, 0.15) is 82.8 Å². The summed E-state index contributed by atoms with van der Waals surface area (Å²) in [6, 6.07) is -0.336. The third kappa shape index (κ3) is 6.92. The van der Waals surface area contributed by atoms with Gasteiger partial charge in [0.15, 0.2) is 0 Å². The number of H-pyrrole nitrogens is 1. The second-order valence-electron chi connectivity index (χ2n) is 12.5. The summed E-state index contributed by atoms with van der Waals surface area (Å²) in [5.41, 5.74) is 8.37. The summed E-state index contributed by atoms with van der Waals surface area (Å²) in [5, 5.41) is 28.7. The number of thiol groups is 1. The molecule has 11 heteroatoms. The van der Waals surface area contributed by atoms with E-state index in [4.69, 9.17) is 0 Å². The molecule has 0 bridgehead atoms. The first-order valence-electron chi connectivity index (χ1n) is 15.6. The Labute approximate surface area is 264 Å². The normalized spacial score (nSPS) is 26.8. The minimum Gasteiger partial charge on any atom is -0.481 e. The number of hydrogen-bond donors (Lipinski definition) is 7. The van der Waals surface area contributed by atoms with Crippen LogP contribution in [-0.2, 0) is 38.4 Å². The van der Waals surface area contributed by atoms with E-state index >= 15 is 0 Å². The molecule has 240 valence electrons. The van der Waals surface area contributed by atoms with Crippen molar-refractivity contribution in [1.29, 1.82) is 0 Å². The van der Waals surface area contributed by atoms with Crippen LogP contribution in [0.15, 0.2) is 34.2 Å². The van der Waals surface area contributed by atoms with Gasteiger partial charge in [0.25, 0.3) is 0 Å². The minimum atomic E-state index is -0.882. The fourth-order valence-electron chi connectivity index (χ4n) is 7.16. The molecule has 1 saturated heterocycles. The van der Waals surface area contributed by atoms with Gasteiger partial charge in [-0.15, -0.1) is 0 Å². The van der Waals surface area contributed by atoms with E-state index < -0.39 is 11.9 Å². The van der Waals surface area contributed by atoms with Crippen LogP contribution in [0, 0.1) is 24.7 Å². The SMILES string of the molecule is CCC1=C(C)C(Cc2[nH]c(CC3=C(CCC(=O)O)C(C)/C(=C/C4NC(=O)[C@@H](C)[C@H]4[C@H](C)S)N3)c(CCC(=O)O)c2C)NC1=O. The third-order valence-electron chi connectivity index (χ3n) is 9.76. The van der Waals surface area contributed by atoms with Gasteiger partial charge in [0.1, 0.15) is 0 Å². The van der Waals surface area contributed by atoms with E-state index in [0.717, 1.165) is 50.6 Å². The lowest BCUT2D eigenvalue weighted by molar-refractivity contribution is -0.138. The standard InChI is InChI=1S/C33H46N4O6S/c1-7-20-15(2)25(36-33(20)43)12-23-16(3)21(8-10-29(38)39)26(34-23)14-27-22(9-11-30(40)41)17(4)24(35-27)13-28-31(19(6)44)18(5)32(42)37-28/h13,17-19,25,28,31,34-35,44H,7-12,14H2,1-6H3,(H,36,43)(H,37,42)(H,38,39)(H,40,41)/b24-13-/t17?,18-,19-,25?,28?,31-/m0/s1. The van der Waals surface area contributed by atoms with Crippen molar-refractivity contribution >= 4 is 36.4 Å². The van der Waals surface area contributed by atoms with Crippen LogP contribution in [0.2, 0.25) is 0 Å². The van der Waals surface area contributed by atoms with E-state index in [2.05, 4.69) is 39.6 Å². The van der Waals surface area contributed by atoms with Crippen LogP contribution in [0.25, 0.3) is 0 Å². The van der Waals surface area contributed by atoms with Gasteiger partial charge in [0, 0.05) is 77.0 Å². The fourth-order valence-corrected chi connectivity index (χ4v) is 7.60. The Kier molecular flexibility index (Phi) is 10.4. The number of hydrogen-bond acceptors (Lipinski definition) is 6. The lowest BCUT2D eigenvalue weighted by atomic mass is 9.87. The van der Waals surface area contributed by atoms with Gasteiger partial charge in [0.05, 0.1) is 12.1 Å². The Morgan fingerprint density at radius 2 is 1.68 bits per heavy atom. The highest BCUT2D eigenvalue weighted by Gasteiger charge is 2.41. The molecule has 1 aromatic rings. The Balaban J connectivity index is 1.68. The second kappa shape index (κ2) is 13.7. The van der Waals surface area contributed by atoms with Crippen molar-refractivity contribution in [2.45, 2.75) is 104 Å². The number of aliphatic carboxylic acids is 2. The van der Waals surface area contributed by atoms with Crippen LogP contribution < -0.4 is 16.0 Å². The number of carboxylic acid groups (broad SMARTS) is 2. The van der Waals surface area contributed by atoms with Crippen molar-refractivity contribution in [1.82, 2.24) is 20.9 Å². The van der Waals surface area contributed by atoms with Crippen LogP contribution in [0.5, 0.6) is 0 Å². The molecule has 0 radical (unpaired) electrons. The molecule has 1 aromatic heterocycles. The summed E-state index contributed by atoms with van der Waals surface area (Å²) < 4.78 is 0. The number of carbonyl (C=O) groups excluding carboxylic acids is 2. The topological polar surface area (TPSA) is 161 Å². The summed E-state index contributed by atoms with van der Waals surface area (Å²) in [6.07, 6.45) is 4.40. The van der Waals surface area contributed by atoms with Crippen LogP contribution in [-0.4, -0.2) is 56.3 Å². The number of aromatic amines is 1. The zero-order chi connectivity index (χ0) is 32.5. The van der Waals surface area contributed by atoms with Crippen LogP contribution in [0.4, 0.5) is 0 Å². The molecule has 4 heterocycles. The third-order valence-corrected chi connectivity index (χ3v) is 10.1. The Morgan fingerprint density at radius 3 is 2.27 bits per heavy atom. The van der Waals surface area contributed by atoms with Crippen LogP contribution in [0.3, 0.4) is 0 Å². The smallest absolute Gasteiger partial charge is 0.303 e. The second-order valence-corrected chi connectivity index (χ2v) is 13.3. The van der Waals surface area contributed by atoms with Crippen molar-refractivity contribution in [2.75, 3.05) is 0 Å². The van der Waals surface area contributed by atoms with E-state index in [0.29, 0.717) is 32.1 Å². The maximum atomic E-state index is 12.5. The van der Waals surface area contributed by atoms with Gasteiger partial charge in [-0.3, -0.25) is 19.2 Å². The number of carbonyl (C=O) groups is 4. The van der Waals surface area contributed by atoms with Crippen molar-refractivity contribution in [3.8, 4) is 0 Å². The predicted octanol–water partition coefficient (Wildman–Crippen LogP) is 3.96. The number of allylic oxidation sites excluding steroid dienone is 2. The molecule has 1 fully saturated rings. The van der Waals surface area contributed by atoms with Gasteiger partial charge in [-0.1, -0.05) is 27.7 Å². The fraction of sp³-hybridized carbons (Fsp3) is 0.576. The zero-order valence-electron chi connectivity index (χ0n) is 26.5. The Morgan fingerprint density at radius 1 is 1.02 bits per heavy atom. The maximum Gasteiger partial charge on any atom is 0.303 e. The van der Waals surface area contributed by atoms with Crippen molar-refractivity contribution in [3.05, 3.63) is 56.7 Å². The average molecular weight is 627 g/mol. The Bertz CT molecular complexity index is 1440. The number of carboxylic acids is 2. The monoisotopic (exact) mass is 626 g/mol. The van der Waals surface area contributed by atoms with Gasteiger partial charge >= 0.3 is 11.9 Å². The van der Waals surface area contributed by atoms with E-state index in [1.54, 1.807) is 0 Å². The lowest BCUT2D eigenvalue weighted by Crippen LogP contribution is -2.32. The van der Waals surface area contributed by atoms with E-state index in [9.17, 15) is 29.4 Å². The van der Waals surface area contributed by atoms with E-state index in [1.165, 1.54) is 0 Å². The molecular weight excluding hydrogens is 580 g/mol. The summed E-state index contributed by atoms with van der Waals surface area (Å²) in [4.78, 5) is 51.7. The molecular formula is C33H46N4O6S. The van der Waals surface area contributed by atoms with Crippen LogP contribution >= 0.6 is 12.6 Å². The number of nitrogens with one attached hydrogen (secondary N) is 4. The molecule has 2 amide bonds. The van der Waals surface area contributed by atoms with E-state index in [-0.39, 0.29) is 59.7 Å². The Hall–Kier alpha value is -3.47. The van der Waals surface area contributed by atoms with Gasteiger partial charge < -0.3 is 31.1 Å². The first-order valence-corrected chi connectivity index (χ1v) is 16.1. The summed E-state index contributed by atoms with van der Waals surface area (Å²) in [7, 11) is 0. The molecule has 10 nitrogen and oxygen atoms in total. The molecule has 6 atom stereocenters. The molecule has 4 rings (SSSR count). The highest BCUT2D eigenvalue weighted by molar-refractivity contribution is 7.80. The van der Waals surface area contributed by atoms with Crippen molar-refractivity contribution in [3.63, 3.8) is 0 Å². The largest absolute Gasteiger partial charge is 0.481 e. The number of aromatic nitrogens is 1. The molecule has 3 aliphatic rings. The van der Waals surface area contributed by atoms with Crippen molar-refractivity contribution in [2.24, 2.45) is 17.8 Å². The first kappa shape index (κ1) is 33.4. The van der Waals surface area contributed by atoms with Crippen molar-refractivity contribution < 1.29 is 29.4 Å². The molecule has 0 spiro atoms. The zero-order valence-corrected chi connectivity index (χ0v) is 27.4. The molecule has 0 aliphatic carbocycles. The predicted molar refractivity (Wildman–Crippen MR) is 171 cm³/mol. The summed E-state index contributed by atoms with van der Waals surface area (Å²) >= 11 is 4.66. The highest BCUT2D eigenvalue weighted by atomic mass is 32.1. The average Bonchev–Trinajstić information content (AvgIpc) is 3.59. The van der Waals surface area contributed by atoms with Gasteiger partial charge in [-0.25, -0.2) is 0 Å². The quantitative estimate of drug-likeness (QED) is 0.163. The first-order chi connectivity index (χ1) is 20.7. The molecule has 44 heavy (non-hydrogen) atoms. The molecule has 0 saturated carbocycles. The molecule has 3 unspecified atom stereocenters. The van der Waals surface area contributed by atoms with Gasteiger partial charge in [0.2, 0.25) is 11.8 Å². The number of rotatable bonds is 13. The number of amides is 2. The maximum absolute atomic E-state index is 12.5. The minimum absolute atomic E-state index is 0.00457. The van der Waals surface area contributed by atoms with Gasteiger partial charge in [-0.2, -0.15) is 12.6 Å². The van der Waals surface area contributed by atoms with E-state index in [1.807, 2.05) is 41.5 Å². The van der Waals surface area contributed by atoms with Gasteiger partial charge in [-0.05, 0) is 61.5 Å².